The van der Waals surface area contributed by atoms with Gasteiger partial charge in [-0.25, -0.2) is 0 Å². The molecule has 6 nitrogen and oxygen atoms in total. The molecular weight excluding hydrogens is 291 g/mol. The van der Waals surface area contributed by atoms with Crippen molar-refractivity contribution in [3.63, 3.8) is 0 Å². The van der Waals surface area contributed by atoms with Crippen LogP contribution in [0.25, 0.3) is 0 Å². The first kappa shape index (κ1) is 17.1. The summed E-state index contributed by atoms with van der Waals surface area (Å²) in [4.78, 5) is 0. The lowest BCUT2D eigenvalue weighted by atomic mass is 10.1. The SMILES string of the molecule is COc1ccc(CNCC(O)C(F)(F)F)cc1/C(N)=N/O. The van der Waals surface area contributed by atoms with E-state index in [9.17, 15) is 13.2 Å². The van der Waals surface area contributed by atoms with Gasteiger partial charge in [0.25, 0.3) is 0 Å². The molecule has 118 valence electrons. The van der Waals surface area contributed by atoms with E-state index in [1.165, 1.54) is 13.2 Å². The highest BCUT2D eigenvalue weighted by atomic mass is 19.4. The topological polar surface area (TPSA) is 100 Å². The maximum atomic E-state index is 12.1. The van der Waals surface area contributed by atoms with Crippen molar-refractivity contribution in [2.24, 2.45) is 10.9 Å². The van der Waals surface area contributed by atoms with Gasteiger partial charge in [-0.15, -0.1) is 0 Å². The molecule has 0 amide bonds. The quantitative estimate of drug-likeness (QED) is 0.270. The summed E-state index contributed by atoms with van der Waals surface area (Å²) in [5, 5.41) is 22.8. The maximum absolute atomic E-state index is 12.1. The predicted octanol–water partition coefficient (Wildman–Crippen LogP) is 0.803. The third-order valence-electron chi connectivity index (χ3n) is 2.69. The third kappa shape index (κ3) is 4.80. The number of benzene rings is 1. The zero-order valence-corrected chi connectivity index (χ0v) is 11.2. The standard InChI is InChI=1S/C12H16F3N3O3/c1-21-9-3-2-7(4-8(9)11(16)18-20)5-17-6-10(19)12(13,14)15/h2-4,10,17,19-20H,5-6H2,1H3,(H2,16,18). The maximum Gasteiger partial charge on any atom is 0.415 e. The van der Waals surface area contributed by atoms with E-state index < -0.39 is 18.8 Å². The van der Waals surface area contributed by atoms with Crippen LogP contribution in [0.2, 0.25) is 0 Å². The second-order valence-corrected chi connectivity index (χ2v) is 4.21. The molecule has 0 aliphatic rings. The molecule has 21 heavy (non-hydrogen) atoms. The summed E-state index contributed by atoms with van der Waals surface area (Å²) in [6.07, 6.45) is -7.09. The number of amidine groups is 1. The van der Waals surface area contributed by atoms with Crippen LogP contribution < -0.4 is 15.8 Å². The Balaban J connectivity index is 2.73. The van der Waals surface area contributed by atoms with E-state index in [4.69, 9.17) is 20.8 Å². The van der Waals surface area contributed by atoms with Gasteiger partial charge in [0.1, 0.15) is 5.75 Å². The number of oxime groups is 1. The molecule has 5 N–H and O–H groups in total. The van der Waals surface area contributed by atoms with E-state index >= 15 is 0 Å². The van der Waals surface area contributed by atoms with Gasteiger partial charge in [0.15, 0.2) is 11.9 Å². The monoisotopic (exact) mass is 307 g/mol. The number of ether oxygens (including phenoxy) is 1. The first-order chi connectivity index (χ1) is 9.79. The summed E-state index contributed by atoms with van der Waals surface area (Å²) in [5.41, 5.74) is 6.39. The molecule has 0 aliphatic carbocycles. The number of nitrogens with two attached hydrogens (primary N) is 1. The molecule has 1 atom stereocenters. The van der Waals surface area contributed by atoms with Gasteiger partial charge in [-0.05, 0) is 17.7 Å². The fourth-order valence-electron chi connectivity index (χ4n) is 1.59. The number of methoxy groups -OCH3 is 1. The summed E-state index contributed by atoms with van der Waals surface area (Å²) >= 11 is 0. The van der Waals surface area contributed by atoms with Crippen LogP contribution in [0.15, 0.2) is 23.4 Å². The molecule has 0 aromatic heterocycles. The minimum Gasteiger partial charge on any atom is -0.496 e. The van der Waals surface area contributed by atoms with Crippen LogP contribution in [0, 0.1) is 0 Å². The minimum absolute atomic E-state index is 0.0723. The number of aliphatic hydroxyl groups is 1. The molecular formula is C12H16F3N3O3. The number of nitrogens with zero attached hydrogens (tertiary/aromatic N) is 1. The Kier molecular flexibility index (Phi) is 5.79. The molecule has 0 heterocycles. The molecule has 1 rings (SSSR count). The first-order valence-corrected chi connectivity index (χ1v) is 5.90. The molecule has 9 heteroatoms. The summed E-state index contributed by atoms with van der Waals surface area (Å²) in [7, 11) is 1.40. The van der Waals surface area contributed by atoms with Crippen LogP contribution in [-0.2, 0) is 6.54 Å². The summed E-state index contributed by atoms with van der Waals surface area (Å²) in [5.74, 6) is 0.188. The van der Waals surface area contributed by atoms with Crippen LogP contribution in [0.3, 0.4) is 0 Å². The molecule has 1 unspecified atom stereocenters. The van der Waals surface area contributed by atoms with Gasteiger partial charge in [-0.3, -0.25) is 0 Å². The Bertz CT molecular complexity index is 506. The molecule has 1 aromatic rings. The second-order valence-electron chi connectivity index (χ2n) is 4.21. The van der Waals surface area contributed by atoms with E-state index in [0.29, 0.717) is 16.9 Å². The Morgan fingerprint density at radius 2 is 2.14 bits per heavy atom. The lowest BCUT2D eigenvalue weighted by Crippen LogP contribution is -2.38. The van der Waals surface area contributed by atoms with Crippen LogP contribution in [0.4, 0.5) is 13.2 Å². The number of rotatable bonds is 6. The van der Waals surface area contributed by atoms with E-state index in [-0.39, 0.29) is 12.4 Å². The number of hydrogen-bond acceptors (Lipinski definition) is 5. The van der Waals surface area contributed by atoms with Gasteiger partial charge in [0, 0.05) is 13.1 Å². The summed E-state index contributed by atoms with van der Waals surface area (Å²) in [6, 6.07) is 4.67. The fourth-order valence-corrected chi connectivity index (χ4v) is 1.59. The van der Waals surface area contributed by atoms with Crippen molar-refractivity contribution in [1.82, 2.24) is 5.32 Å². The highest BCUT2D eigenvalue weighted by Crippen LogP contribution is 2.21. The summed E-state index contributed by atoms with van der Waals surface area (Å²) < 4.78 is 41.4. The van der Waals surface area contributed by atoms with E-state index in [2.05, 4.69) is 10.5 Å². The molecule has 0 saturated heterocycles. The van der Waals surface area contributed by atoms with Gasteiger partial charge in [0.2, 0.25) is 0 Å². The van der Waals surface area contributed by atoms with Crippen LogP contribution >= 0.6 is 0 Å². The lowest BCUT2D eigenvalue weighted by Gasteiger charge is -2.15. The van der Waals surface area contributed by atoms with Crippen molar-refractivity contribution in [2.75, 3.05) is 13.7 Å². The predicted molar refractivity (Wildman–Crippen MR) is 69.3 cm³/mol. The van der Waals surface area contributed by atoms with E-state index in [1.54, 1.807) is 12.1 Å². The van der Waals surface area contributed by atoms with Crippen LogP contribution in [0.1, 0.15) is 11.1 Å². The van der Waals surface area contributed by atoms with Gasteiger partial charge in [-0.2, -0.15) is 13.2 Å². The summed E-state index contributed by atoms with van der Waals surface area (Å²) in [6.45, 7) is -0.558. The Labute approximate surface area is 119 Å². The highest BCUT2D eigenvalue weighted by Gasteiger charge is 2.37. The number of nitrogens with one attached hydrogen (secondary N) is 1. The van der Waals surface area contributed by atoms with Crippen molar-refractivity contribution in [3.8, 4) is 5.75 Å². The zero-order chi connectivity index (χ0) is 16.0. The molecule has 0 radical (unpaired) electrons. The smallest absolute Gasteiger partial charge is 0.415 e. The van der Waals surface area contributed by atoms with Crippen LogP contribution in [-0.4, -0.2) is 42.1 Å². The Hall–Kier alpha value is -2.00. The largest absolute Gasteiger partial charge is 0.496 e. The number of aliphatic hydroxyl groups excluding tert-OH is 1. The van der Waals surface area contributed by atoms with Gasteiger partial charge < -0.3 is 26.1 Å². The normalized spacial score (nSPS) is 14.0. The molecule has 0 saturated carbocycles. The zero-order valence-electron chi connectivity index (χ0n) is 11.2. The minimum atomic E-state index is -4.66. The van der Waals surface area contributed by atoms with Crippen LogP contribution in [0.5, 0.6) is 5.75 Å². The average Bonchev–Trinajstić information content (AvgIpc) is 2.45. The molecule has 0 fully saturated rings. The van der Waals surface area contributed by atoms with Crippen molar-refractivity contribution in [2.45, 2.75) is 18.8 Å². The van der Waals surface area contributed by atoms with Crippen molar-refractivity contribution < 1.29 is 28.2 Å². The number of halogens is 3. The fraction of sp³-hybridized carbons (Fsp3) is 0.417. The molecule has 0 aliphatic heterocycles. The van der Waals surface area contributed by atoms with Crippen molar-refractivity contribution in [1.29, 1.82) is 0 Å². The highest BCUT2D eigenvalue weighted by molar-refractivity contribution is 5.99. The van der Waals surface area contributed by atoms with Gasteiger partial charge >= 0.3 is 6.18 Å². The Morgan fingerprint density at radius 1 is 1.48 bits per heavy atom. The van der Waals surface area contributed by atoms with Gasteiger partial charge in [-0.1, -0.05) is 11.2 Å². The second kappa shape index (κ2) is 7.14. The third-order valence-corrected chi connectivity index (χ3v) is 2.69. The van der Waals surface area contributed by atoms with Gasteiger partial charge in [0.05, 0.1) is 12.7 Å². The molecule has 0 spiro atoms. The van der Waals surface area contributed by atoms with E-state index in [0.717, 1.165) is 0 Å². The van der Waals surface area contributed by atoms with E-state index in [1.807, 2.05) is 0 Å². The number of hydrogen-bond donors (Lipinski definition) is 4. The molecule has 1 aromatic carbocycles. The number of alkyl halides is 3. The first-order valence-electron chi connectivity index (χ1n) is 5.90. The molecule has 0 bridgehead atoms. The van der Waals surface area contributed by atoms with Crippen molar-refractivity contribution in [3.05, 3.63) is 29.3 Å². The van der Waals surface area contributed by atoms with Crippen molar-refractivity contribution >= 4 is 5.84 Å². The lowest BCUT2D eigenvalue weighted by molar-refractivity contribution is -0.201. The average molecular weight is 307 g/mol. The Morgan fingerprint density at radius 3 is 2.67 bits per heavy atom.